The van der Waals surface area contributed by atoms with Crippen LogP contribution in [0.5, 0.6) is 0 Å². The van der Waals surface area contributed by atoms with Crippen molar-refractivity contribution in [2.75, 3.05) is 13.1 Å². The van der Waals surface area contributed by atoms with E-state index in [0.29, 0.717) is 13.1 Å². The van der Waals surface area contributed by atoms with Gasteiger partial charge in [-0.2, -0.15) is 0 Å². The molecule has 0 aromatic carbocycles. The van der Waals surface area contributed by atoms with Gasteiger partial charge in [-0.3, -0.25) is 0 Å². The predicted molar refractivity (Wildman–Crippen MR) is 53.4 cm³/mol. The minimum absolute atomic E-state index is 0.588. The zero-order chi connectivity index (χ0) is 9.45. The number of nitrogens with one attached hydrogen (secondary N) is 1. The summed E-state index contributed by atoms with van der Waals surface area (Å²) in [5.74, 6) is 0. The molecule has 12 heavy (non-hydrogen) atoms. The lowest BCUT2D eigenvalue weighted by atomic mass is 10.0. The molecule has 72 valence electrons. The van der Waals surface area contributed by atoms with Crippen molar-refractivity contribution in [2.45, 2.75) is 32.3 Å². The first-order chi connectivity index (χ1) is 5.62. The van der Waals surface area contributed by atoms with Crippen LogP contribution in [0.2, 0.25) is 0 Å². The lowest BCUT2D eigenvalue weighted by Crippen LogP contribution is -2.37. The minimum Gasteiger partial charge on any atom is -0.389 e. The Morgan fingerprint density at radius 2 is 2.25 bits per heavy atom. The molecule has 3 heteroatoms. The SMILES string of the molecule is CCCC(C)(O)CNC/C=C/Cl. The van der Waals surface area contributed by atoms with Crippen LogP contribution in [0.25, 0.3) is 0 Å². The van der Waals surface area contributed by atoms with E-state index in [1.165, 1.54) is 5.54 Å². The molecule has 0 saturated heterocycles. The van der Waals surface area contributed by atoms with Gasteiger partial charge in [-0.15, -0.1) is 0 Å². The first kappa shape index (κ1) is 11.9. The molecule has 0 aliphatic rings. The molecule has 0 radical (unpaired) electrons. The van der Waals surface area contributed by atoms with Gasteiger partial charge in [-0.05, 0) is 13.3 Å². The number of hydrogen-bond donors (Lipinski definition) is 2. The quantitative estimate of drug-likeness (QED) is 0.629. The first-order valence-corrected chi connectivity index (χ1v) is 4.74. The van der Waals surface area contributed by atoms with Crippen LogP contribution in [0.1, 0.15) is 26.7 Å². The van der Waals surface area contributed by atoms with Gasteiger partial charge in [0.05, 0.1) is 5.60 Å². The Balaban J connectivity index is 3.46. The van der Waals surface area contributed by atoms with Crippen molar-refractivity contribution in [1.82, 2.24) is 5.32 Å². The van der Waals surface area contributed by atoms with Crippen LogP contribution in [-0.2, 0) is 0 Å². The second-order valence-electron chi connectivity index (χ2n) is 3.24. The highest BCUT2D eigenvalue weighted by Gasteiger charge is 2.17. The molecule has 0 aromatic rings. The molecule has 0 rings (SSSR count). The van der Waals surface area contributed by atoms with Crippen LogP contribution in [-0.4, -0.2) is 23.8 Å². The van der Waals surface area contributed by atoms with Crippen molar-refractivity contribution >= 4 is 11.6 Å². The zero-order valence-corrected chi connectivity index (χ0v) is 8.56. The average molecular weight is 192 g/mol. The maximum atomic E-state index is 9.69. The van der Waals surface area contributed by atoms with E-state index in [1.807, 2.05) is 13.0 Å². The van der Waals surface area contributed by atoms with Gasteiger partial charge in [0.2, 0.25) is 0 Å². The van der Waals surface area contributed by atoms with E-state index in [4.69, 9.17) is 11.6 Å². The Labute approximate surface area is 79.6 Å². The summed E-state index contributed by atoms with van der Waals surface area (Å²) in [6.07, 6.45) is 3.63. The zero-order valence-electron chi connectivity index (χ0n) is 7.81. The van der Waals surface area contributed by atoms with Crippen LogP contribution >= 0.6 is 11.6 Å². The normalized spacial score (nSPS) is 16.7. The van der Waals surface area contributed by atoms with E-state index in [-0.39, 0.29) is 0 Å². The van der Waals surface area contributed by atoms with Crippen molar-refractivity contribution in [3.8, 4) is 0 Å². The summed E-state index contributed by atoms with van der Waals surface area (Å²) in [7, 11) is 0. The van der Waals surface area contributed by atoms with Crippen molar-refractivity contribution < 1.29 is 5.11 Å². The monoisotopic (exact) mass is 191 g/mol. The summed E-state index contributed by atoms with van der Waals surface area (Å²) in [5.41, 5.74) is 0.885. The minimum atomic E-state index is -0.588. The van der Waals surface area contributed by atoms with E-state index in [1.54, 1.807) is 0 Å². The number of rotatable bonds is 6. The topological polar surface area (TPSA) is 32.3 Å². The molecule has 2 N–H and O–H groups in total. The van der Waals surface area contributed by atoms with Crippen molar-refractivity contribution in [2.24, 2.45) is 0 Å². The van der Waals surface area contributed by atoms with Gasteiger partial charge >= 0.3 is 0 Å². The second kappa shape index (κ2) is 6.46. The fraction of sp³-hybridized carbons (Fsp3) is 0.778. The van der Waals surface area contributed by atoms with Crippen LogP contribution in [0.15, 0.2) is 11.6 Å². The molecule has 2 nitrogen and oxygen atoms in total. The van der Waals surface area contributed by atoms with Gasteiger partial charge < -0.3 is 10.4 Å². The van der Waals surface area contributed by atoms with Gasteiger partial charge in [0.15, 0.2) is 0 Å². The molecule has 0 heterocycles. The lowest BCUT2D eigenvalue weighted by molar-refractivity contribution is 0.0511. The number of aliphatic hydroxyl groups is 1. The molecule has 1 unspecified atom stereocenters. The van der Waals surface area contributed by atoms with E-state index < -0.39 is 5.60 Å². The molecule has 0 amide bonds. The van der Waals surface area contributed by atoms with Gasteiger partial charge in [0, 0.05) is 18.6 Å². The molecule has 0 aliphatic heterocycles. The van der Waals surface area contributed by atoms with Crippen molar-refractivity contribution in [1.29, 1.82) is 0 Å². The third kappa shape index (κ3) is 6.65. The molecule has 0 fully saturated rings. The molecular weight excluding hydrogens is 174 g/mol. The molecular formula is C9H18ClNO. The smallest absolute Gasteiger partial charge is 0.0743 e. The molecule has 0 aliphatic carbocycles. The lowest BCUT2D eigenvalue weighted by Gasteiger charge is -2.22. The fourth-order valence-corrected chi connectivity index (χ4v) is 1.19. The fourth-order valence-electron chi connectivity index (χ4n) is 1.10. The first-order valence-electron chi connectivity index (χ1n) is 4.30. The summed E-state index contributed by atoms with van der Waals surface area (Å²) in [6.45, 7) is 5.23. The van der Waals surface area contributed by atoms with Crippen LogP contribution in [0, 0.1) is 0 Å². The van der Waals surface area contributed by atoms with E-state index in [2.05, 4.69) is 12.2 Å². The predicted octanol–water partition coefficient (Wildman–Crippen LogP) is 1.88. The molecule has 1 atom stereocenters. The third-order valence-electron chi connectivity index (χ3n) is 1.65. The van der Waals surface area contributed by atoms with Crippen molar-refractivity contribution in [3.63, 3.8) is 0 Å². The third-order valence-corrected chi connectivity index (χ3v) is 1.82. The molecule has 0 saturated carbocycles. The van der Waals surface area contributed by atoms with Gasteiger partial charge in [0.25, 0.3) is 0 Å². The van der Waals surface area contributed by atoms with E-state index >= 15 is 0 Å². The van der Waals surface area contributed by atoms with Crippen LogP contribution in [0.3, 0.4) is 0 Å². The Hall–Kier alpha value is -0.0500. The average Bonchev–Trinajstić information content (AvgIpc) is 1.98. The highest BCUT2D eigenvalue weighted by Crippen LogP contribution is 2.09. The standard InChI is InChI=1S/C9H18ClNO/c1-3-5-9(2,12)8-11-7-4-6-10/h4,6,11-12H,3,5,7-8H2,1-2H3/b6-4+. The van der Waals surface area contributed by atoms with E-state index in [0.717, 1.165) is 12.8 Å². The Morgan fingerprint density at radius 3 is 2.75 bits per heavy atom. The summed E-state index contributed by atoms with van der Waals surface area (Å²) < 4.78 is 0. The second-order valence-corrected chi connectivity index (χ2v) is 3.49. The Kier molecular flexibility index (Phi) is 6.44. The number of halogens is 1. The summed E-state index contributed by atoms with van der Waals surface area (Å²) in [5, 5.41) is 12.8. The van der Waals surface area contributed by atoms with Crippen LogP contribution in [0.4, 0.5) is 0 Å². The maximum absolute atomic E-state index is 9.69. The largest absolute Gasteiger partial charge is 0.389 e. The molecule has 0 aromatic heterocycles. The summed E-state index contributed by atoms with van der Waals surface area (Å²) in [4.78, 5) is 0. The Bertz CT molecular complexity index is 134. The molecule has 0 bridgehead atoms. The van der Waals surface area contributed by atoms with Crippen molar-refractivity contribution in [3.05, 3.63) is 11.6 Å². The Morgan fingerprint density at radius 1 is 1.58 bits per heavy atom. The van der Waals surface area contributed by atoms with Crippen LogP contribution < -0.4 is 5.32 Å². The summed E-state index contributed by atoms with van der Waals surface area (Å²) in [6, 6.07) is 0. The van der Waals surface area contributed by atoms with Gasteiger partial charge in [-0.25, -0.2) is 0 Å². The van der Waals surface area contributed by atoms with E-state index in [9.17, 15) is 5.11 Å². The van der Waals surface area contributed by atoms with Gasteiger partial charge in [0.1, 0.15) is 0 Å². The van der Waals surface area contributed by atoms with Gasteiger partial charge in [-0.1, -0.05) is 31.0 Å². The molecule has 0 spiro atoms. The summed E-state index contributed by atoms with van der Waals surface area (Å²) >= 11 is 5.33. The maximum Gasteiger partial charge on any atom is 0.0743 e. The highest BCUT2D eigenvalue weighted by atomic mass is 35.5. The number of hydrogen-bond acceptors (Lipinski definition) is 2. The highest BCUT2D eigenvalue weighted by molar-refractivity contribution is 6.25.